The molecule has 0 radical (unpaired) electrons. The van der Waals surface area contributed by atoms with Crippen LogP contribution in [0.1, 0.15) is 27.0 Å². The minimum atomic E-state index is -0.544. The summed E-state index contributed by atoms with van der Waals surface area (Å²) in [4.78, 5) is 35.7. The van der Waals surface area contributed by atoms with Crippen LogP contribution < -0.4 is 10.6 Å². The minimum absolute atomic E-state index is 0.241. The third-order valence-electron chi connectivity index (χ3n) is 6.10. The molecule has 0 fully saturated rings. The lowest BCUT2D eigenvalue weighted by atomic mass is 10.1. The number of carbonyl (C=O) groups is 1. The zero-order chi connectivity index (χ0) is 24.9. The summed E-state index contributed by atoms with van der Waals surface area (Å²) >= 11 is 0. The lowest BCUT2D eigenvalue weighted by Gasteiger charge is -2.25. The van der Waals surface area contributed by atoms with Crippen molar-refractivity contribution in [1.29, 1.82) is 0 Å². The SMILES string of the molecule is COC(=O)c1cnc(N(Cc2ccccc2)Cc2ccccc2)c2[nH]c(=O)n(Cc3ccccc3)c12. The van der Waals surface area contributed by atoms with Gasteiger partial charge in [-0.25, -0.2) is 14.6 Å². The van der Waals surface area contributed by atoms with E-state index in [9.17, 15) is 9.59 Å². The summed E-state index contributed by atoms with van der Waals surface area (Å²) in [6, 6.07) is 29.8. The number of aromatic nitrogens is 3. The molecule has 0 unspecified atom stereocenters. The highest BCUT2D eigenvalue weighted by Gasteiger charge is 2.24. The Bertz CT molecular complexity index is 1490. The fraction of sp³-hybridized carbons (Fsp3) is 0.138. The van der Waals surface area contributed by atoms with E-state index in [0.717, 1.165) is 16.7 Å². The fourth-order valence-electron chi connectivity index (χ4n) is 4.39. The van der Waals surface area contributed by atoms with Crippen LogP contribution in [0.5, 0.6) is 0 Å². The first-order valence-electron chi connectivity index (χ1n) is 11.7. The highest BCUT2D eigenvalue weighted by molar-refractivity contribution is 6.04. The summed E-state index contributed by atoms with van der Waals surface area (Å²) in [5.41, 5.74) is 4.06. The number of imidazole rings is 1. The maximum Gasteiger partial charge on any atom is 0.341 e. The summed E-state index contributed by atoms with van der Waals surface area (Å²) in [7, 11) is 1.32. The van der Waals surface area contributed by atoms with E-state index < -0.39 is 5.97 Å². The first-order chi connectivity index (χ1) is 17.6. The van der Waals surface area contributed by atoms with Crippen molar-refractivity contribution in [1.82, 2.24) is 14.5 Å². The predicted molar refractivity (Wildman–Crippen MR) is 140 cm³/mol. The summed E-state index contributed by atoms with van der Waals surface area (Å²) in [5, 5.41) is 0. The van der Waals surface area contributed by atoms with Crippen molar-refractivity contribution in [3.63, 3.8) is 0 Å². The normalized spacial score (nSPS) is 10.9. The van der Waals surface area contributed by atoms with Crippen LogP contribution in [0.3, 0.4) is 0 Å². The van der Waals surface area contributed by atoms with Crippen molar-refractivity contribution in [2.24, 2.45) is 0 Å². The first-order valence-corrected chi connectivity index (χ1v) is 11.7. The van der Waals surface area contributed by atoms with Crippen molar-refractivity contribution >= 4 is 22.8 Å². The molecule has 3 aromatic carbocycles. The predicted octanol–water partition coefficient (Wildman–Crippen LogP) is 4.77. The molecular weight excluding hydrogens is 452 g/mol. The van der Waals surface area contributed by atoms with Gasteiger partial charge in [0.1, 0.15) is 11.1 Å². The Morgan fingerprint density at radius 3 is 1.92 bits per heavy atom. The van der Waals surface area contributed by atoms with Crippen LogP contribution in [0.25, 0.3) is 11.0 Å². The largest absolute Gasteiger partial charge is 0.465 e. The number of hydrogen-bond donors (Lipinski definition) is 1. The Morgan fingerprint density at radius 2 is 1.39 bits per heavy atom. The number of methoxy groups -OCH3 is 1. The number of H-pyrrole nitrogens is 1. The van der Waals surface area contributed by atoms with E-state index in [4.69, 9.17) is 4.74 Å². The highest BCUT2D eigenvalue weighted by atomic mass is 16.5. The maximum absolute atomic E-state index is 13.2. The molecule has 0 aliphatic heterocycles. The molecule has 36 heavy (non-hydrogen) atoms. The van der Waals surface area contributed by atoms with Gasteiger partial charge in [0.15, 0.2) is 5.82 Å². The highest BCUT2D eigenvalue weighted by Crippen LogP contribution is 2.28. The second-order valence-corrected chi connectivity index (χ2v) is 8.54. The van der Waals surface area contributed by atoms with E-state index in [1.165, 1.54) is 13.3 Å². The molecule has 0 bridgehead atoms. The van der Waals surface area contributed by atoms with Crippen molar-refractivity contribution in [3.8, 4) is 0 Å². The van der Waals surface area contributed by atoms with Crippen LogP contribution in [0.4, 0.5) is 5.82 Å². The van der Waals surface area contributed by atoms with Gasteiger partial charge in [0.05, 0.1) is 19.2 Å². The van der Waals surface area contributed by atoms with E-state index in [-0.39, 0.29) is 11.3 Å². The van der Waals surface area contributed by atoms with Gasteiger partial charge in [0, 0.05) is 19.3 Å². The average Bonchev–Trinajstić information content (AvgIpc) is 3.24. The maximum atomic E-state index is 13.2. The number of ether oxygens (including phenoxy) is 1. The van der Waals surface area contributed by atoms with Crippen LogP contribution in [0.15, 0.2) is 102 Å². The standard InChI is InChI=1S/C29H26N4O3/c1-36-28(34)24-17-30-27(25-26(24)33(29(35)31-25)20-23-15-9-4-10-16-23)32(18-21-11-5-2-6-12-21)19-22-13-7-3-8-14-22/h2-17H,18-20H2,1H3,(H,31,35). The van der Waals surface area contributed by atoms with Crippen LogP contribution >= 0.6 is 0 Å². The third-order valence-corrected chi connectivity index (χ3v) is 6.10. The van der Waals surface area contributed by atoms with E-state index in [0.29, 0.717) is 36.5 Å². The number of pyridine rings is 1. The van der Waals surface area contributed by atoms with Gasteiger partial charge in [-0.05, 0) is 16.7 Å². The van der Waals surface area contributed by atoms with E-state index in [1.807, 2.05) is 66.7 Å². The van der Waals surface area contributed by atoms with Crippen LogP contribution in [-0.2, 0) is 24.4 Å². The molecule has 2 heterocycles. The second kappa shape index (κ2) is 10.3. The number of benzene rings is 3. The number of rotatable bonds is 8. The van der Waals surface area contributed by atoms with Crippen LogP contribution in [0, 0.1) is 0 Å². The van der Waals surface area contributed by atoms with Gasteiger partial charge in [0.2, 0.25) is 0 Å². The van der Waals surface area contributed by atoms with Gasteiger partial charge < -0.3 is 14.6 Å². The molecule has 0 atom stereocenters. The molecule has 0 spiro atoms. The van der Waals surface area contributed by atoms with Crippen molar-refractivity contribution < 1.29 is 9.53 Å². The molecule has 2 aromatic heterocycles. The number of aromatic amines is 1. The Kier molecular flexibility index (Phi) is 6.62. The van der Waals surface area contributed by atoms with Crippen LogP contribution in [-0.4, -0.2) is 27.6 Å². The fourth-order valence-corrected chi connectivity index (χ4v) is 4.39. The molecule has 180 valence electrons. The molecular formula is C29H26N4O3. The van der Waals surface area contributed by atoms with Crippen molar-refractivity contribution in [2.45, 2.75) is 19.6 Å². The smallest absolute Gasteiger partial charge is 0.341 e. The monoisotopic (exact) mass is 478 g/mol. The molecule has 0 amide bonds. The summed E-state index contributed by atoms with van der Waals surface area (Å²) in [5.74, 6) is 0.0480. The first kappa shape index (κ1) is 23.1. The number of hydrogen-bond acceptors (Lipinski definition) is 5. The lowest BCUT2D eigenvalue weighted by molar-refractivity contribution is 0.0602. The molecule has 0 saturated carbocycles. The van der Waals surface area contributed by atoms with Gasteiger partial charge in [0.25, 0.3) is 0 Å². The number of esters is 1. The lowest BCUT2D eigenvalue weighted by Crippen LogP contribution is -2.24. The number of nitrogens with zero attached hydrogens (tertiary/aromatic N) is 3. The van der Waals surface area contributed by atoms with E-state index >= 15 is 0 Å². The molecule has 7 heteroatoms. The van der Waals surface area contributed by atoms with Gasteiger partial charge >= 0.3 is 11.7 Å². The van der Waals surface area contributed by atoms with Gasteiger partial charge in [-0.15, -0.1) is 0 Å². The van der Waals surface area contributed by atoms with E-state index in [1.54, 1.807) is 4.57 Å². The summed E-state index contributed by atoms with van der Waals surface area (Å²) in [6.45, 7) is 1.45. The molecule has 5 rings (SSSR count). The van der Waals surface area contributed by atoms with Crippen LogP contribution in [0.2, 0.25) is 0 Å². The zero-order valence-electron chi connectivity index (χ0n) is 19.9. The third kappa shape index (κ3) is 4.77. The Balaban J connectivity index is 1.67. The van der Waals surface area contributed by atoms with Gasteiger partial charge in [-0.3, -0.25) is 4.57 Å². The number of anilines is 1. The average molecular weight is 479 g/mol. The molecule has 0 saturated heterocycles. The quantitative estimate of drug-likeness (QED) is 0.325. The molecule has 7 nitrogen and oxygen atoms in total. The Labute approximate surface area is 208 Å². The number of carbonyl (C=O) groups excluding carboxylic acids is 1. The molecule has 0 aliphatic carbocycles. The number of nitrogens with one attached hydrogen (secondary N) is 1. The Morgan fingerprint density at radius 1 is 0.861 bits per heavy atom. The molecule has 1 N–H and O–H groups in total. The van der Waals surface area contributed by atoms with Gasteiger partial charge in [-0.1, -0.05) is 91.0 Å². The topological polar surface area (TPSA) is 80.2 Å². The summed E-state index contributed by atoms with van der Waals surface area (Å²) in [6.07, 6.45) is 1.50. The zero-order valence-corrected chi connectivity index (χ0v) is 19.9. The van der Waals surface area contributed by atoms with Crippen molar-refractivity contribution in [3.05, 3.63) is 130 Å². The number of fused-ring (bicyclic) bond motifs is 1. The van der Waals surface area contributed by atoms with Gasteiger partial charge in [-0.2, -0.15) is 0 Å². The summed E-state index contributed by atoms with van der Waals surface area (Å²) < 4.78 is 6.60. The van der Waals surface area contributed by atoms with E-state index in [2.05, 4.69) is 39.1 Å². The molecule has 5 aromatic rings. The van der Waals surface area contributed by atoms with Crippen molar-refractivity contribution in [2.75, 3.05) is 12.0 Å². The second-order valence-electron chi connectivity index (χ2n) is 8.54. The Hall–Kier alpha value is -4.65. The molecule has 0 aliphatic rings. The minimum Gasteiger partial charge on any atom is -0.465 e.